The van der Waals surface area contributed by atoms with Crippen LogP contribution in [0.2, 0.25) is 5.15 Å². The SMILES string of the molecule is Cc1nc(CNCc2cccnc2Cl)n[nH]1. The highest BCUT2D eigenvalue weighted by Crippen LogP contribution is 2.10. The van der Waals surface area contributed by atoms with E-state index < -0.39 is 0 Å². The van der Waals surface area contributed by atoms with E-state index in [9.17, 15) is 0 Å². The number of nitrogens with zero attached hydrogens (tertiary/aromatic N) is 3. The summed E-state index contributed by atoms with van der Waals surface area (Å²) < 4.78 is 0. The van der Waals surface area contributed by atoms with Crippen LogP contribution in [0, 0.1) is 6.92 Å². The largest absolute Gasteiger partial charge is 0.306 e. The van der Waals surface area contributed by atoms with E-state index in [2.05, 4.69) is 25.5 Å². The van der Waals surface area contributed by atoms with Crippen LogP contribution in [0.15, 0.2) is 18.3 Å². The van der Waals surface area contributed by atoms with Gasteiger partial charge in [0.1, 0.15) is 11.0 Å². The molecule has 2 aromatic heterocycles. The van der Waals surface area contributed by atoms with Crippen molar-refractivity contribution in [3.8, 4) is 0 Å². The second-order valence-corrected chi connectivity index (χ2v) is 3.75. The number of aryl methyl sites for hydroxylation is 1. The molecule has 0 saturated heterocycles. The van der Waals surface area contributed by atoms with Crippen molar-refractivity contribution in [2.45, 2.75) is 20.0 Å². The number of hydrogen-bond donors (Lipinski definition) is 2. The molecule has 2 rings (SSSR count). The third-order valence-corrected chi connectivity index (χ3v) is 2.42. The lowest BCUT2D eigenvalue weighted by molar-refractivity contribution is 0.663. The lowest BCUT2D eigenvalue weighted by Gasteiger charge is -2.03. The fraction of sp³-hybridized carbons (Fsp3) is 0.300. The predicted octanol–water partition coefficient (Wildman–Crippen LogP) is 1.45. The topological polar surface area (TPSA) is 66.5 Å². The van der Waals surface area contributed by atoms with Crippen LogP contribution in [0.5, 0.6) is 0 Å². The molecule has 2 N–H and O–H groups in total. The third-order valence-electron chi connectivity index (χ3n) is 2.08. The molecule has 0 radical (unpaired) electrons. The second kappa shape index (κ2) is 5.05. The average Bonchev–Trinajstić information content (AvgIpc) is 2.67. The van der Waals surface area contributed by atoms with Crippen molar-refractivity contribution in [1.29, 1.82) is 0 Å². The molecule has 0 aliphatic carbocycles. The lowest BCUT2D eigenvalue weighted by Crippen LogP contribution is -2.14. The molecule has 84 valence electrons. The molecule has 0 atom stereocenters. The summed E-state index contributed by atoms with van der Waals surface area (Å²) in [7, 11) is 0. The summed E-state index contributed by atoms with van der Waals surface area (Å²) in [6.07, 6.45) is 1.67. The van der Waals surface area contributed by atoms with E-state index in [0.29, 0.717) is 18.2 Å². The van der Waals surface area contributed by atoms with Crippen LogP contribution in [0.4, 0.5) is 0 Å². The zero-order valence-electron chi connectivity index (χ0n) is 8.87. The number of hydrogen-bond acceptors (Lipinski definition) is 4. The highest BCUT2D eigenvalue weighted by atomic mass is 35.5. The van der Waals surface area contributed by atoms with Crippen molar-refractivity contribution in [1.82, 2.24) is 25.5 Å². The average molecular weight is 238 g/mol. The summed E-state index contributed by atoms with van der Waals surface area (Å²) in [6.45, 7) is 3.13. The number of rotatable bonds is 4. The van der Waals surface area contributed by atoms with Crippen LogP contribution < -0.4 is 5.32 Å². The maximum Gasteiger partial charge on any atom is 0.164 e. The fourth-order valence-electron chi connectivity index (χ4n) is 1.33. The van der Waals surface area contributed by atoms with Crippen molar-refractivity contribution in [3.05, 3.63) is 40.7 Å². The number of nitrogens with one attached hydrogen (secondary N) is 2. The molecular weight excluding hydrogens is 226 g/mol. The lowest BCUT2D eigenvalue weighted by atomic mass is 10.3. The number of halogens is 1. The molecule has 0 saturated carbocycles. The molecule has 16 heavy (non-hydrogen) atoms. The standard InChI is InChI=1S/C10H12ClN5/c1-7-14-9(16-15-7)6-12-5-8-3-2-4-13-10(8)11/h2-4,12H,5-6H2,1H3,(H,14,15,16). The van der Waals surface area contributed by atoms with Crippen molar-refractivity contribution in [2.75, 3.05) is 0 Å². The van der Waals surface area contributed by atoms with E-state index in [-0.39, 0.29) is 0 Å². The quantitative estimate of drug-likeness (QED) is 0.790. The van der Waals surface area contributed by atoms with Crippen LogP contribution in [0.1, 0.15) is 17.2 Å². The maximum absolute atomic E-state index is 5.92. The van der Waals surface area contributed by atoms with Crippen LogP contribution in [0.25, 0.3) is 0 Å². The summed E-state index contributed by atoms with van der Waals surface area (Å²) in [6, 6.07) is 3.80. The normalized spacial score (nSPS) is 10.6. The van der Waals surface area contributed by atoms with Gasteiger partial charge in [0, 0.05) is 18.3 Å². The molecule has 5 nitrogen and oxygen atoms in total. The molecule has 0 amide bonds. The first kappa shape index (κ1) is 11.0. The predicted molar refractivity (Wildman–Crippen MR) is 60.9 cm³/mol. The van der Waals surface area contributed by atoms with E-state index in [0.717, 1.165) is 17.2 Å². The van der Waals surface area contributed by atoms with Crippen molar-refractivity contribution in [2.24, 2.45) is 0 Å². The minimum atomic E-state index is 0.529. The molecule has 0 spiro atoms. The molecule has 0 aliphatic rings. The zero-order valence-corrected chi connectivity index (χ0v) is 9.62. The van der Waals surface area contributed by atoms with Crippen LogP contribution in [0.3, 0.4) is 0 Å². The molecular formula is C10H12ClN5. The van der Waals surface area contributed by atoms with Crippen molar-refractivity contribution < 1.29 is 0 Å². The van der Waals surface area contributed by atoms with Crippen molar-refractivity contribution in [3.63, 3.8) is 0 Å². The number of aromatic nitrogens is 4. The molecule has 2 heterocycles. The molecule has 0 unspecified atom stereocenters. The molecule has 0 aromatic carbocycles. The summed E-state index contributed by atoms with van der Waals surface area (Å²) >= 11 is 5.92. The minimum Gasteiger partial charge on any atom is -0.306 e. The van der Waals surface area contributed by atoms with Crippen LogP contribution in [-0.4, -0.2) is 20.2 Å². The van der Waals surface area contributed by atoms with Gasteiger partial charge in [-0.05, 0) is 13.0 Å². The van der Waals surface area contributed by atoms with Gasteiger partial charge in [0.2, 0.25) is 0 Å². The Balaban J connectivity index is 1.87. The highest BCUT2D eigenvalue weighted by Gasteiger charge is 2.01. The minimum absolute atomic E-state index is 0.529. The van der Waals surface area contributed by atoms with Gasteiger partial charge < -0.3 is 5.32 Å². The second-order valence-electron chi connectivity index (χ2n) is 3.39. The molecule has 0 fully saturated rings. The van der Waals surface area contributed by atoms with E-state index in [1.54, 1.807) is 6.20 Å². The Kier molecular flexibility index (Phi) is 3.48. The first-order chi connectivity index (χ1) is 7.75. The van der Waals surface area contributed by atoms with Gasteiger partial charge in [0.05, 0.1) is 6.54 Å². The molecule has 2 aromatic rings. The van der Waals surface area contributed by atoms with E-state index in [4.69, 9.17) is 11.6 Å². The summed E-state index contributed by atoms with van der Waals surface area (Å²) in [5, 5.41) is 10.5. The van der Waals surface area contributed by atoms with Gasteiger partial charge >= 0.3 is 0 Å². The third kappa shape index (κ3) is 2.77. The number of pyridine rings is 1. The fourth-order valence-corrected chi connectivity index (χ4v) is 1.51. The highest BCUT2D eigenvalue weighted by molar-refractivity contribution is 6.30. The molecule has 6 heteroatoms. The summed E-state index contributed by atoms with van der Waals surface area (Å²) in [5.74, 6) is 1.56. The number of H-pyrrole nitrogens is 1. The Bertz CT molecular complexity index is 468. The first-order valence-corrected chi connectivity index (χ1v) is 5.31. The van der Waals surface area contributed by atoms with Gasteiger partial charge in [-0.25, -0.2) is 9.97 Å². The Morgan fingerprint density at radius 2 is 2.31 bits per heavy atom. The van der Waals surface area contributed by atoms with Crippen LogP contribution >= 0.6 is 11.6 Å². The zero-order chi connectivity index (χ0) is 11.4. The smallest absolute Gasteiger partial charge is 0.164 e. The van der Waals surface area contributed by atoms with Crippen molar-refractivity contribution >= 4 is 11.6 Å². The number of aromatic amines is 1. The Labute approximate surface area is 98.3 Å². The maximum atomic E-state index is 5.92. The Morgan fingerprint density at radius 1 is 1.44 bits per heavy atom. The monoisotopic (exact) mass is 237 g/mol. The van der Waals surface area contributed by atoms with Gasteiger partial charge in [-0.1, -0.05) is 17.7 Å². The Hall–Kier alpha value is -1.46. The van der Waals surface area contributed by atoms with Crippen LogP contribution in [-0.2, 0) is 13.1 Å². The first-order valence-electron chi connectivity index (χ1n) is 4.93. The Morgan fingerprint density at radius 3 is 3.00 bits per heavy atom. The van der Waals surface area contributed by atoms with Gasteiger partial charge in [-0.3, -0.25) is 5.10 Å². The molecule has 0 bridgehead atoms. The van der Waals surface area contributed by atoms with Gasteiger partial charge in [0.25, 0.3) is 0 Å². The van der Waals surface area contributed by atoms with Gasteiger partial charge in [-0.2, -0.15) is 5.10 Å². The summed E-state index contributed by atoms with van der Waals surface area (Å²) in [5.41, 5.74) is 0.969. The van der Waals surface area contributed by atoms with Gasteiger partial charge in [0.15, 0.2) is 5.82 Å². The summed E-state index contributed by atoms with van der Waals surface area (Å²) in [4.78, 5) is 8.18. The molecule has 0 aliphatic heterocycles. The van der Waals surface area contributed by atoms with E-state index >= 15 is 0 Å². The van der Waals surface area contributed by atoms with E-state index in [1.165, 1.54) is 0 Å². The van der Waals surface area contributed by atoms with E-state index in [1.807, 2.05) is 19.1 Å². The van der Waals surface area contributed by atoms with Gasteiger partial charge in [-0.15, -0.1) is 0 Å².